The van der Waals surface area contributed by atoms with Gasteiger partial charge >= 0.3 is 5.97 Å². The van der Waals surface area contributed by atoms with Gasteiger partial charge in [-0.2, -0.15) is 5.10 Å². The van der Waals surface area contributed by atoms with Gasteiger partial charge in [0.15, 0.2) is 0 Å². The number of pyridine rings is 1. The van der Waals surface area contributed by atoms with Gasteiger partial charge in [0, 0.05) is 7.05 Å². The highest BCUT2D eigenvalue weighted by atomic mass is 35.5. The van der Waals surface area contributed by atoms with Crippen molar-refractivity contribution in [2.75, 3.05) is 0 Å². The van der Waals surface area contributed by atoms with Crippen molar-refractivity contribution in [1.29, 1.82) is 0 Å². The summed E-state index contributed by atoms with van der Waals surface area (Å²) in [4.78, 5) is 14.5. The second-order valence-corrected chi connectivity index (χ2v) is 4.54. The number of aromatic carboxylic acids is 1. The Bertz CT molecular complexity index is 623. The molecule has 0 radical (unpaired) electrons. The van der Waals surface area contributed by atoms with Crippen molar-refractivity contribution in [3.05, 3.63) is 40.4 Å². The molecular weight excluding hydrogens is 282 g/mol. The number of hydrogen-bond donors (Lipinski definition) is 1. The molecule has 0 aliphatic carbocycles. The highest BCUT2D eigenvalue weighted by Crippen LogP contribution is 2.22. The van der Waals surface area contributed by atoms with Crippen LogP contribution in [0.4, 0.5) is 0 Å². The molecule has 0 fully saturated rings. The smallest absolute Gasteiger partial charge is 0.354 e. The van der Waals surface area contributed by atoms with Crippen LogP contribution in [-0.4, -0.2) is 25.8 Å². The Morgan fingerprint density at radius 1 is 1.50 bits per heavy atom. The lowest BCUT2D eigenvalue weighted by Gasteiger charge is -2.06. The predicted molar refractivity (Wildman–Crippen MR) is 73.1 cm³/mol. The van der Waals surface area contributed by atoms with Crippen molar-refractivity contribution in [2.24, 2.45) is 7.05 Å². The molecule has 2 aromatic heterocycles. The van der Waals surface area contributed by atoms with Crippen LogP contribution >= 0.6 is 11.6 Å². The minimum atomic E-state index is -1.07. The number of carboxylic acid groups (broad SMARTS) is 1. The summed E-state index contributed by atoms with van der Waals surface area (Å²) in [6.45, 7) is 2.23. The van der Waals surface area contributed by atoms with Gasteiger partial charge in [0.1, 0.15) is 18.1 Å². The summed E-state index contributed by atoms with van der Waals surface area (Å²) in [5, 5.41) is 13.6. The molecule has 0 aliphatic rings. The van der Waals surface area contributed by atoms with E-state index >= 15 is 0 Å². The van der Waals surface area contributed by atoms with Crippen molar-refractivity contribution in [3.63, 3.8) is 0 Å². The lowest BCUT2D eigenvalue weighted by molar-refractivity contribution is 0.0690. The number of carboxylic acids is 1. The molecular formula is C13H14ClN3O3. The summed E-state index contributed by atoms with van der Waals surface area (Å²) < 4.78 is 7.23. The van der Waals surface area contributed by atoms with E-state index in [1.54, 1.807) is 17.8 Å². The Kier molecular flexibility index (Phi) is 4.24. The van der Waals surface area contributed by atoms with Crippen LogP contribution in [0.2, 0.25) is 5.02 Å². The summed E-state index contributed by atoms with van der Waals surface area (Å²) in [6, 6.07) is 2.95. The predicted octanol–water partition coefficient (Wildman–Crippen LogP) is 2.31. The molecule has 1 N–H and O–H groups in total. The minimum absolute atomic E-state index is 0.0239. The largest absolute Gasteiger partial charge is 0.486 e. The summed E-state index contributed by atoms with van der Waals surface area (Å²) in [5.41, 5.74) is 1.57. The van der Waals surface area contributed by atoms with Gasteiger partial charge < -0.3 is 9.84 Å². The van der Waals surface area contributed by atoms with Crippen molar-refractivity contribution < 1.29 is 14.6 Å². The van der Waals surface area contributed by atoms with E-state index in [0.29, 0.717) is 10.8 Å². The average Bonchev–Trinajstić information content (AvgIpc) is 2.71. The molecule has 2 aromatic rings. The molecule has 0 atom stereocenters. The van der Waals surface area contributed by atoms with Gasteiger partial charge in [0.05, 0.1) is 22.6 Å². The van der Waals surface area contributed by atoms with Gasteiger partial charge in [-0.3, -0.25) is 4.68 Å². The zero-order valence-electron chi connectivity index (χ0n) is 11.1. The molecule has 0 aromatic carbocycles. The first kappa shape index (κ1) is 14.3. The maximum Gasteiger partial charge on any atom is 0.354 e. The fourth-order valence-corrected chi connectivity index (χ4v) is 2.07. The number of rotatable bonds is 5. The van der Waals surface area contributed by atoms with E-state index < -0.39 is 5.97 Å². The van der Waals surface area contributed by atoms with E-state index in [-0.39, 0.29) is 12.3 Å². The molecule has 0 bridgehead atoms. The maximum absolute atomic E-state index is 10.7. The van der Waals surface area contributed by atoms with Gasteiger partial charge in [0.2, 0.25) is 0 Å². The quantitative estimate of drug-likeness (QED) is 0.916. The molecule has 0 saturated carbocycles. The molecule has 106 valence electrons. The number of nitrogens with zero attached hydrogens (tertiary/aromatic N) is 3. The zero-order valence-corrected chi connectivity index (χ0v) is 11.9. The Morgan fingerprint density at radius 2 is 2.25 bits per heavy atom. The molecule has 0 spiro atoms. The van der Waals surface area contributed by atoms with Gasteiger partial charge in [-0.15, -0.1) is 0 Å². The Hall–Kier alpha value is -2.08. The highest BCUT2D eigenvalue weighted by Gasteiger charge is 2.13. The molecule has 0 unspecified atom stereocenters. The van der Waals surface area contributed by atoms with Crippen LogP contribution in [0.1, 0.15) is 28.8 Å². The van der Waals surface area contributed by atoms with Crippen LogP contribution in [0.25, 0.3) is 0 Å². The number of carbonyl (C=O) groups is 1. The van der Waals surface area contributed by atoms with E-state index in [1.807, 2.05) is 6.92 Å². The van der Waals surface area contributed by atoms with E-state index in [2.05, 4.69) is 10.1 Å². The fraction of sp³-hybridized carbons (Fsp3) is 0.308. The molecule has 2 heterocycles. The van der Waals surface area contributed by atoms with Crippen LogP contribution in [0.15, 0.2) is 18.3 Å². The molecule has 2 rings (SSSR count). The summed E-state index contributed by atoms with van der Waals surface area (Å²) in [5.74, 6) is -0.593. The SMILES string of the molecule is CCc1nn(C)c(COc2ccc(C(=O)O)nc2)c1Cl. The topological polar surface area (TPSA) is 77.2 Å². The highest BCUT2D eigenvalue weighted by molar-refractivity contribution is 6.31. The molecule has 7 heteroatoms. The number of hydrogen-bond acceptors (Lipinski definition) is 4. The average molecular weight is 296 g/mol. The van der Waals surface area contributed by atoms with Gasteiger partial charge in [-0.05, 0) is 18.6 Å². The molecule has 0 amide bonds. The fourth-order valence-electron chi connectivity index (χ4n) is 1.72. The molecule has 6 nitrogen and oxygen atoms in total. The lowest BCUT2D eigenvalue weighted by Crippen LogP contribution is -2.04. The molecule has 0 saturated heterocycles. The second-order valence-electron chi connectivity index (χ2n) is 4.16. The summed E-state index contributed by atoms with van der Waals surface area (Å²) in [6.07, 6.45) is 2.12. The number of halogens is 1. The molecule has 20 heavy (non-hydrogen) atoms. The Morgan fingerprint density at radius 3 is 2.75 bits per heavy atom. The maximum atomic E-state index is 10.7. The van der Waals surface area contributed by atoms with Gasteiger partial charge in [-0.1, -0.05) is 18.5 Å². The van der Waals surface area contributed by atoms with Crippen molar-refractivity contribution in [3.8, 4) is 5.75 Å². The standard InChI is InChI=1S/C13H14ClN3O3/c1-3-9-12(14)11(17(2)16-9)7-20-8-4-5-10(13(18)19)15-6-8/h4-6H,3,7H2,1-2H3,(H,18,19). The summed E-state index contributed by atoms with van der Waals surface area (Å²) >= 11 is 6.21. The third-order valence-electron chi connectivity index (χ3n) is 2.83. The normalized spacial score (nSPS) is 10.6. The van der Waals surface area contributed by atoms with Crippen molar-refractivity contribution >= 4 is 17.6 Å². The third kappa shape index (κ3) is 2.91. The first-order valence-electron chi connectivity index (χ1n) is 6.05. The first-order valence-corrected chi connectivity index (χ1v) is 6.43. The number of ether oxygens (including phenoxy) is 1. The first-order chi connectivity index (χ1) is 9.52. The third-order valence-corrected chi connectivity index (χ3v) is 3.27. The van der Waals surface area contributed by atoms with Gasteiger partial charge in [0.25, 0.3) is 0 Å². The number of aromatic nitrogens is 3. The zero-order chi connectivity index (χ0) is 14.7. The van der Waals surface area contributed by atoms with Crippen LogP contribution in [0, 0.1) is 0 Å². The minimum Gasteiger partial charge on any atom is -0.486 e. The summed E-state index contributed by atoms with van der Waals surface area (Å²) in [7, 11) is 1.80. The monoisotopic (exact) mass is 295 g/mol. The molecule has 0 aliphatic heterocycles. The second kappa shape index (κ2) is 5.92. The lowest BCUT2D eigenvalue weighted by atomic mass is 10.3. The van der Waals surface area contributed by atoms with E-state index in [9.17, 15) is 4.79 Å². The Labute approximate surface area is 121 Å². The Balaban J connectivity index is 2.09. The van der Waals surface area contributed by atoms with Crippen LogP contribution in [-0.2, 0) is 20.1 Å². The van der Waals surface area contributed by atoms with E-state index in [4.69, 9.17) is 21.4 Å². The number of aryl methyl sites for hydroxylation is 2. The van der Waals surface area contributed by atoms with Crippen LogP contribution in [0.5, 0.6) is 5.75 Å². The van der Waals surface area contributed by atoms with E-state index in [1.165, 1.54) is 12.3 Å². The van der Waals surface area contributed by atoms with E-state index in [0.717, 1.165) is 17.8 Å². The van der Waals surface area contributed by atoms with Crippen LogP contribution in [0.3, 0.4) is 0 Å². The van der Waals surface area contributed by atoms with Crippen molar-refractivity contribution in [2.45, 2.75) is 20.0 Å². The van der Waals surface area contributed by atoms with Crippen molar-refractivity contribution in [1.82, 2.24) is 14.8 Å². The van der Waals surface area contributed by atoms with Gasteiger partial charge in [-0.25, -0.2) is 9.78 Å². The van der Waals surface area contributed by atoms with Crippen LogP contribution < -0.4 is 4.74 Å².